The van der Waals surface area contributed by atoms with Gasteiger partial charge in [-0.1, -0.05) is 30.9 Å². The van der Waals surface area contributed by atoms with Gasteiger partial charge in [0.2, 0.25) is 0 Å². The predicted molar refractivity (Wildman–Crippen MR) is 46.7 cm³/mol. The smallest absolute Gasteiger partial charge is 0.0753 e. The molecule has 1 aliphatic carbocycles. The third kappa shape index (κ3) is 1.50. The molecule has 1 nitrogen and oxygen atoms in total. The van der Waals surface area contributed by atoms with E-state index in [0.29, 0.717) is 0 Å². The van der Waals surface area contributed by atoms with E-state index < -0.39 is 8.07 Å². The first-order chi connectivity index (χ1) is 4.52. The first-order valence-electron chi connectivity index (χ1n) is 3.90. The maximum Gasteiger partial charge on any atom is 0.0753 e. The zero-order valence-corrected chi connectivity index (χ0v) is 8.02. The molecule has 0 spiro atoms. The minimum Gasteiger partial charge on any atom is -0.389 e. The van der Waals surface area contributed by atoms with Crippen molar-refractivity contribution in [1.82, 2.24) is 0 Å². The van der Waals surface area contributed by atoms with Crippen molar-refractivity contribution in [2.75, 3.05) is 0 Å². The highest BCUT2D eigenvalue weighted by atomic mass is 28.3. The molecule has 1 unspecified atom stereocenters. The van der Waals surface area contributed by atoms with Gasteiger partial charge in [0.25, 0.3) is 0 Å². The fourth-order valence-electron chi connectivity index (χ4n) is 1.49. The van der Waals surface area contributed by atoms with Crippen molar-refractivity contribution in [1.29, 1.82) is 0 Å². The highest BCUT2D eigenvalue weighted by Gasteiger charge is 2.27. The van der Waals surface area contributed by atoms with Crippen LogP contribution in [0.15, 0.2) is 11.3 Å². The summed E-state index contributed by atoms with van der Waals surface area (Å²) in [6.45, 7) is 6.86. The molecular formula is C8H16OSi. The van der Waals surface area contributed by atoms with Crippen LogP contribution in [0.3, 0.4) is 0 Å². The van der Waals surface area contributed by atoms with Crippen LogP contribution in [0, 0.1) is 0 Å². The Labute approximate surface area is 63.8 Å². The van der Waals surface area contributed by atoms with Gasteiger partial charge in [-0.25, -0.2) is 0 Å². The average Bonchev–Trinajstić information content (AvgIpc) is 2.11. The van der Waals surface area contributed by atoms with Gasteiger partial charge in [0.1, 0.15) is 0 Å². The molecule has 0 fully saturated rings. The van der Waals surface area contributed by atoms with Crippen molar-refractivity contribution in [3.63, 3.8) is 0 Å². The maximum absolute atomic E-state index is 9.49. The van der Waals surface area contributed by atoms with Gasteiger partial charge in [-0.05, 0) is 12.8 Å². The lowest BCUT2D eigenvalue weighted by atomic mass is 10.3. The summed E-state index contributed by atoms with van der Waals surface area (Å²) in [7, 11) is -1.18. The molecule has 0 aromatic rings. The predicted octanol–water partition coefficient (Wildman–Crippen LogP) is 1.94. The Kier molecular flexibility index (Phi) is 2.01. The van der Waals surface area contributed by atoms with Gasteiger partial charge < -0.3 is 5.11 Å². The fraction of sp³-hybridized carbons (Fsp3) is 0.750. The van der Waals surface area contributed by atoms with Crippen molar-refractivity contribution < 1.29 is 5.11 Å². The Hall–Kier alpha value is -0.0831. The third-order valence-corrected chi connectivity index (χ3v) is 4.30. The minimum absolute atomic E-state index is 0.105. The highest BCUT2D eigenvalue weighted by molar-refractivity contribution is 6.83. The van der Waals surface area contributed by atoms with E-state index in [0.717, 1.165) is 12.8 Å². The first-order valence-corrected chi connectivity index (χ1v) is 7.40. The van der Waals surface area contributed by atoms with Gasteiger partial charge in [-0.3, -0.25) is 0 Å². The summed E-state index contributed by atoms with van der Waals surface area (Å²) in [6, 6.07) is 0. The van der Waals surface area contributed by atoms with E-state index in [-0.39, 0.29) is 6.10 Å². The molecule has 1 aliphatic rings. The Morgan fingerprint density at radius 3 is 2.30 bits per heavy atom. The summed E-state index contributed by atoms with van der Waals surface area (Å²) in [5.74, 6) is 0. The van der Waals surface area contributed by atoms with Gasteiger partial charge >= 0.3 is 0 Å². The summed E-state index contributed by atoms with van der Waals surface area (Å²) in [4.78, 5) is 0. The summed E-state index contributed by atoms with van der Waals surface area (Å²) in [5.41, 5.74) is 0. The number of aliphatic hydroxyl groups is 1. The molecule has 1 N–H and O–H groups in total. The molecule has 58 valence electrons. The molecule has 0 aliphatic heterocycles. The molecule has 0 saturated carbocycles. The third-order valence-electron chi connectivity index (χ3n) is 2.03. The molecule has 1 atom stereocenters. The molecule has 0 bridgehead atoms. The van der Waals surface area contributed by atoms with Crippen LogP contribution in [0.4, 0.5) is 0 Å². The van der Waals surface area contributed by atoms with Gasteiger partial charge in [-0.15, -0.1) is 0 Å². The van der Waals surface area contributed by atoms with E-state index in [1.54, 1.807) is 0 Å². The SMILES string of the molecule is C[Si](C)(C)C1=CCCC1O. The molecule has 2 heteroatoms. The molecule has 0 saturated heterocycles. The molecule has 1 rings (SSSR count). The summed E-state index contributed by atoms with van der Waals surface area (Å²) in [6.07, 6.45) is 4.17. The number of hydrogen-bond acceptors (Lipinski definition) is 1. The molecule has 0 aromatic heterocycles. The maximum atomic E-state index is 9.49. The quantitative estimate of drug-likeness (QED) is 0.575. The van der Waals surface area contributed by atoms with Crippen molar-refractivity contribution >= 4 is 8.07 Å². The van der Waals surface area contributed by atoms with Crippen LogP contribution >= 0.6 is 0 Å². The first kappa shape index (κ1) is 8.02. The minimum atomic E-state index is -1.18. The number of aliphatic hydroxyl groups excluding tert-OH is 1. The van der Waals surface area contributed by atoms with Crippen LogP contribution in [-0.4, -0.2) is 19.3 Å². The fourth-order valence-corrected chi connectivity index (χ4v) is 3.39. The van der Waals surface area contributed by atoms with Gasteiger partial charge in [-0.2, -0.15) is 0 Å². The van der Waals surface area contributed by atoms with E-state index in [4.69, 9.17) is 0 Å². The summed E-state index contributed by atoms with van der Waals surface area (Å²) < 4.78 is 0. The second-order valence-corrected chi connectivity index (χ2v) is 9.08. The van der Waals surface area contributed by atoms with Crippen LogP contribution in [0.25, 0.3) is 0 Å². The van der Waals surface area contributed by atoms with E-state index in [2.05, 4.69) is 25.7 Å². The zero-order valence-electron chi connectivity index (χ0n) is 7.02. The van der Waals surface area contributed by atoms with E-state index in [1.165, 1.54) is 5.20 Å². The Balaban J connectivity index is 2.72. The topological polar surface area (TPSA) is 20.2 Å². The molecule has 0 heterocycles. The Morgan fingerprint density at radius 2 is 2.10 bits per heavy atom. The monoisotopic (exact) mass is 156 g/mol. The number of rotatable bonds is 1. The zero-order chi connectivity index (χ0) is 7.78. The largest absolute Gasteiger partial charge is 0.389 e. The highest BCUT2D eigenvalue weighted by Crippen LogP contribution is 2.26. The molecule has 10 heavy (non-hydrogen) atoms. The number of allylic oxidation sites excluding steroid dienone is 1. The second kappa shape index (κ2) is 2.51. The van der Waals surface area contributed by atoms with Crippen molar-refractivity contribution in [3.05, 3.63) is 11.3 Å². The van der Waals surface area contributed by atoms with E-state index in [1.807, 2.05) is 0 Å². The van der Waals surface area contributed by atoms with E-state index in [9.17, 15) is 5.11 Å². The normalized spacial score (nSPS) is 26.8. The average molecular weight is 156 g/mol. The van der Waals surface area contributed by atoms with Crippen LogP contribution in [-0.2, 0) is 0 Å². The lowest BCUT2D eigenvalue weighted by Crippen LogP contribution is -2.29. The van der Waals surface area contributed by atoms with Crippen LogP contribution in [0.1, 0.15) is 12.8 Å². The van der Waals surface area contributed by atoms with Crippen molar-refractivity contribution in [3.8, 4) is 0 Å². The van der Waals surface area contributed by atoms with Crippen LogP contribution in [0.5, 0.6) is 0 Å². The Bertz CT molecular complexity index is 155. The molecular weight excluding hydrogens is 140 g/mol. The van der Waals surface area contributed by atoms with Gasteiger partial charge in [0, 0.05) is 0 Å². The number of hydrogen-bond donors (Lipinski definition) is 1. The lowest BCUT2D eigenvalue weighted by molar-refractivity contribution is 0.217. The second-order valence-electron chi connectivity index (χ2n) is 4.00. The van der Waals surface area contributed by atoms with Crippen molar-refractivity contribution in [2.45, 2.75) is 38.6 Å². The van der Waals surface area contributed by atoms with Gasteiger partial charge in [0.05, 0.1) is 14.2 Å². The van der Waals surface area contributed by atoms with E-state index >= 15 is 0 Å². The molecule has 0 amide bonds. The summed E-state index contributed by atoms with van der Waals surface area (Å²) in [5, 5.41) is 10.8. The summed E-state index contributed by atoms with van der Waals surface area (Å²) >= 11 is 0. The van der Waals surface area contributed by atoms with Gasteiger partial charge in [0.15, 0.2) is 0 Å². The molecule has 0 radical (unpaired) electrons. The van der Waals surface area contributed by atoms with Crippen molar-refractivity contribution in [2.24, 2.45) is 0 Å². The Morgan fingerprint density at radius 1 is 1.50 bits per heavy atom. The molecule has 0 aromatic carbocycles. The van der Waals surface area contributed by atoms with Crippen LogP contribution < -0.4 is 0 Å². The lowest BCUT2D eigenvalue weighted by Gasteiger charge is -2.21. The van der Waals surface area contributed by atoms with Crippen LogP contribution in [0.2, 0.25) is 19.6 Å². The standard InChI is InChI=1S/C8H16OSi/c1-10(2,3)8-6-4-5-7(8)9/h6-7,9H,4-5H2,1-3H3.